The molecule has 1 aromatic heterocycles. The summed E-state index contributed by atoms with van der Waals surface area (Å²) in [6.07, 6.45) is -6.58. The van der Waals surface area contributed by atoms with Gasteiger partial charge in [0.05, 0.1) is 12.8 Å². The highest BCUT2D eigenvalue weighted by atomic mass is 31.2. The van der Waals surface area contributed by atoms with Crippen LogP contribution < -0.4 is 11.4 Å². The summed E-state index contributed by atoms with van der Waals surface area (Å²) in [5, 5.41) is 9.50. The third kappa shape index (κ3) is 3.54. The van der Waals surface area contributed by atoms with Crippen molar-refractivity contribution in [2.75, 3.05) is 12.3 Å². The first-order valence-electron chi connectivity index (χ1n) is 5.89. The van der Waals surface area contributed by atoms with Crippen molar-refractivity contribution in [3.63, 3.8) is 0 Å². The zero-order valence-corrected chi connectivity index (χ0v) is 11.9. The van der Waals surface area contributed by atoms with Crippen molar-refractivity contribution in [1.29, 1.82) is 0 Å². The molecule has 130 valence electrons. The molecule has 0 bridgehead atoms. The van der Waals surface area contributed by atoms with Gasteiger partial charge in [0.25, 0.3) is 0 Å². The first-order chi connectivity index (χ1) is 10.4. The topological polar surface area (TPSA) is 157 Å². The summed E-state index contributed by atoms with van der Waals surface area (Å²) < 4.78 is 60.7. The number of nitrogens with two attached hydrogens (primary N) is 1. The molecule has 0 aromatic carbocycles. The molecule has 1 aromatic rings. The van der Waals surface area contributed by atoms with Crippen LogP contribution in [0.15, 0.2) is 11.0 Å². The smallest absolute Gasteiger partial charge is 0.384 e. The molecule has 2 rings (SSSR count). The van der Waals surface area contributed by atoms with E-state index < -0.39 is 56.1 Å². The second kappa shape index (κ2) is 5.85. The van der Waals surface area contributed by atoms with Crippen molar-refractivity contribution >= 4 is 13.6 Å². The molecule has 3 atom stereocenters. The number of rotatable bonds is 4. The van der Waals surface area contributed by atoms with Gasteiger partial charge in [-0.1, -0.05) is 0 Å². The second-order valence-electron chi connectivity index (χ2n) is 4.60. The Labute approximate surface area is 125 Å². The lowest BCUT2D eigenvalue weighted by atomic mass is 10.1. The zero-order chi connectivity index (χ0) is 17.6. The lowest BCUT2D eigenvalue weighted by molar-refractivity contribution is -0.141. The third-order valence-electron chi connectivity index (χ3n) is 2.97. The van der Waals surface area contributed by atoms with Crippen LogP contribution in [0.3, 0.4) is 0 Å². The van der Waals surface area contributed by atoms with Gasteiger partial charge in [-0.05, 0) is 0 Å². The van der Waals surface area contributed by atoms with Crippen LogP contribution in [-0.2, 0) is 13.8 Å². The van der Waals surface area contributed by atoms with Crippen molar-refractivity contribution in [1.82, 2.24) is 9.55 Å². The summed E-state index contributed by atoms with van der Waals surface area (Å²) in [5.41, 5.74) is 3.66. The van der Waals surface area contributed by atoms with Gasteiger partial charge in [0, 0.05) is 0 Å². The average molecular weight is 361 g/mol. The summed E-state index contributed by atoms with van der Waals surface area (Å²) in [7, 11) is -5.00. The van der Waals surface area contributed by atoms with E-state index in [9.17, 15) is 27.6 Å². The van der Waals surface area contributed by atoms with E-state index in [1.165, 1.54) is 0 Å². The molecule has 0 saturated carbocycles. The van der Waals surface area contributed by atoms with Crippen molar-refractivity contribution in [2.24, 2.45) is 0 Å². The number of aliphatic hydroxyl groups is 1. The number of halogens is 3. The van der Waals surface area contributed by atoms with Crippen molar-refractivity contribution in [2.45, 2.75) is 24.4 Å². The summed E-state index contributed by atoms with van der Waals surface area (Å²) in [6.45, 7) is -1.09. The molecule has 1 fully saturated rings. The lowest BCUT2D eigenvalue weighted by Gasteiger charge is -2.21. The van der Waals surface area contributed by atoms with Crippen molar-refractivity contribution < 1.29 is 41.9 Å². The van der Waals surface area contributed by atoms with Gasteiger partial charge in [-0.2, -0.15) is 13.8 Å². The number of hydrogen-bond donors (Lipinski definition) is 4. The number of anilines is 1. The van der Waals surface area contributed by atoms with Crippen LogP contribution in [0, 0.1) is 5.82 Å². The average Bonchev–Trinajstić information content (AvgIpc) is 2.63. The number of nitrogens with zero attached hydrogens (tertiary/aromatic N) is 2. The van der Waals surface area contributed by atoms with E-state index in [-0.39, 0.29) is 4.57 Å². The molecule has 0 unspecified atom stereocenters. The minimum Gasteiger partial charge on any atom is -0.384 e. The van der Waals surface area contributed by atoms with Gasteiger partial charge in [-0.25, -0.2) is 13.8 Å². The number of ether oxygens (including phenoxy) is 1. The van der Waals surface area contributed by atoms with Crippen LogP contribution in [0.5, 0.6) is 0 Å². The van der Waals surface area contributed by atoms with E-state index in [0.29, 0.717) is 6.20 Å². The monoisotopic (exact) mass is 361 g/mol. The van der Waals surface area contributed by atoms with E-state index in [4.69, 9.17) is 20.3 Å². The number of alkyl halides is 2. The first-order valence-corrected chi connectivity index (χ1v) is 7.42. The normalized spacial score (nSPS) is 27.3. The maximum Gasteiger partial charge on any atom is 0.469 e. The van der Waals surface area contributed by atoms with Gasteiger partial charge in [0.2, 0.25) is 6.23 Å². The Bertz CT molecular complexity index is 708. The largest absolute Gasteiger partial charge is 0.469 e. The first kappa shape index (κ1) is 17.8. The standard InChI is InChI=1S/C9H11F3N3O7P/c10-3-1-15(8(17)14-6(3)13)7-9(11,12)5(16)4(22-7)2-21-23(18,19)20/h1,4-5,7,16H,2H2,(H2,13,14,17)(H2,18,19,20)/t4-,5-,7-/m1/s1. The summed E-state index contributed by atoms with van der Waals surface area (Å²) >= 11 is 0. The molecule has 1 saturated heterocycles. The van der Waals surface area contributed by atoms with Crippen LogP contribution in [0.2, 0.25) is 0 Å². The van der Waals surface area contributed by atoms with Gasteiger partial charge >= 0.3 is 19.4 Å². The molecular formula is C9H11F3N3O7P. The minimum absolute atomic E-state index is 0.0758. The maximum atomic E-state index is 14.0. The Balaban J connectivity index is 2.32. The van der Waals surface area contributed by atoms with Gasteiger partial charge in [-0.15, -0.1) is 0 Å². The van der Waals surface area contributed by atoms with Gasteiger partial charge in [0.15, 0.2) is 17.7 Å². The Hall–Kier alpha value is -1.50. The molecule has 5 N–H and O–H groups in total. The Morgan fingerprint density at radius 3 is 2.70 bits per heavy atom. The fourth-order valence-electron chi connectivity index (χ4n) is 1.90. The molecule has 14 heteroatoms. The SMILES string of the molecule is Nc1nc(=O)n([C@@H]2O[C@H](COP(=O)(O)O)[C@@H](O)C2(F)F)cc1F. The summed E-state index contributed by atoms with van der Waals surface area (Å²) in [4.78, 5) is 31.6. The van der Waals surface area contributed by atoms with E-state index in [1.54, 1.807) is 0 Å². The highest BCUT2D eigenvalue weighted by molar-refractivity contribution is 7.46. The molecule has 1 aliphatic rings. The fraction of sp³-hybridized carbons (Fsp3) is 0.556. The molecule has 0 radical (unpaired) electrons. The molecule has 23 heavy (non-hydrogen) atoms. The third-order valence-corrected chi connectivity index (χ3v) is 3.46. The molecule has 2 heterocycles. The van der Waals surface area contributed by atoms with Crippen LogP contribution in [0.1, 0.15) is 6.23 Å². The molecule has 0 amide bonds. The maximum absolute atomic E-state index is 14.0. The van der Waals surface area contributed by atoms with Gasteiger partial charge < -0.3 is 25.4 Å². The fourth-order valence-corrected chi connectivity index (χ4v) is 2.24. The van der Waals surface area contributed by atoms with E-state index in [1.807, 2.05) is 0 Å². The predicted molar refractivity (Wildman–Crippen MR) is 65.7 cm³/mol. The Kier molecular flexibility index (Phi) is 4.54. The van der Waals surface area contributed by atoms with E-state index in [2.05, 4.69) is 9.51 Å². The minimum atomic E-state index is -5.00. The second-order valence-corrected chi connectivity index (χ2v) is 5.84. The number of aromatic nitrogens is 2. The highest BCUT2D eigenvalue weighted by Crippen LogP contribution is 2.44. The van der Waals surface area contributed by atoms with Gasteiger partial charge in [0.1, 0.15) is 6.10 Å². The lowest BCUT2D eigenvalue weighted by Crippen LogP contribution is -2.42. The Morgan fingerprint density at radius 1 is 1.52 bits per heavy atom. The summed E-state index contributed by atoms with van der Waals surface area (Å²) in [5.74, 6) is -6.17. The molecular weight excluding hydrogens is 350 g/mol. The van der Waals surface area contributed by atoms with Crippen LogP contribution in [0.25, 0.3) is 0 Å². The zero-order valence-electron chi connectivity index (χ0n) is 11.0. The quantitative estimate of drug-likeness (QED) is 0.492. The van der Waals surface area contributed by atoms with Crippen molar-refractivity contribution in [3.8, 4) is 0 Å². The van der Waals surface area contributed by atoms with E-state index >= 15 is 0 Å². The predicted octanol–water partition coefficient (Wildman–Crippen LogP) is -1.03. The number of phosphoric acid groups is 1. The van der Waals surface area contributed by atoms with Crippen LogP contribution >= 0.6 is 7.82 Å². The molecule has 10 nitrogen and oxygen atoms in total. The Morgan fingerprint density at radius 2 is 2.13 bits per heavy atom. The number of hydrogen-bond acceptors (Lipinski definition) is 7. The number of nitrogen functional groups attached to an aromatic ring is 1. The van der Waals surface area contributed by atoms with Crippen LogP contribution in [0.4, 0.5) is 19.0 Å². The van der Waals surface area contributed by atoms with Crippen LogP contribution in [-0.4, -0.2) is 49.2 Å². The summed E-state index contributed by atoms with van der Waals surface area (Å²) in [6, 6.07) is 0. The van der Waals surface area contributed by atoms with E-state index in [0.717, 1.165) is 0 Å². The molecule has 0 aliphatic carbocycles. The van der Waals surface area contributed by atoms with Crippen molar-refractivity contribution in [3.05, 3.63) is 22.5 Å². The number of phosphoric ester groups is 1. The molecule has 1 aliphatic heterocycles. The van der Waals surface area contributed by atoms with Gasteiger partial charge in [-0.3, -0.25) is 9.09 Å². The number of aliphatic hydroxyl groups excluding tert-OH is 1. The highest BCUT2D eigenvalue weighted by Gasteiger charge is 2.60. The molecule has 0 spiro atoms.